The third-order valence-corrected chi connectivity index (χ3v) is 4.15. The minimum Gasteiger partial charge on any atom is -0.399 e. The average molecular weight is 347 g/mol. The average Bonchev–Trinajstić information content (AvgIpc) is 2.55. The molecule has 2 rings (SSSR count). The standard InChI is InChI=1S/C20H26N2O.ClH/c1-15(2)19(17-6-4-3-5-7-17)14-20(23)22-13-12-16-8-10-18(21)11-9-16;/h3-11,15,19H,12-14,21H2,1-2H3,(H,22,23);1H. The molecule has 0 aliphatic heterocycles. The summed E-state index contributed by atoms with van der Waals surface area (Å²) < 4.78 is 0. The number of carbonyl (C=O) groups excluding carboxylic acids is 1. The Bertz CT molecular complexity index is 611. The van der Waals surface area contributed by atoms with Crippen molar-refractivity contribution in [2.75, 3.05) is 12.3 Å². The fourth-order valence-corrected chi connectivity index (χ4v) is 2.74. The zero-order chi connectivity index (χ0) is 16.7. The van der Waals surface area contributed by atoms with E-state index >= 15 is 0 Å². The highest BCUT2D eigenvalue weighted by atomic mass is 35.5. The lowest BCUT2D eigenvalue weighted by molar-refractivity contribution is -0.121. The van der Waals surface area contributed by atoms with Crippen LogP contribution in [0.2, 0.25) is 0 Å². The Morgan fingerprint density at radius 2 is 1.67 bits per heavy atom. The third kappa shape index (κ3) is 6.25. The molecular weight excluding hydrogens is 320 g/mol. The van der Waals surface area contributed by atoms with Gasteiger partial charge < -0.3 is 11.1 Å². The molecule has 2 aromatic carbocycles. The molecule has 24 heavy (non-hydrogen) atoms. The molecule has 0 aromatic heterocycles. The van der Waals surface area contributed by atoms with Crippen LogP contribution in [0.3, 0.4) is 0 Å². The molecule has 0 spiro atoms. The highest BCUT2D eigenvalue weighted by molar-refractivity contribution is 5.85. The van der Waals surface area contributed by atoms with Crippen molar-refractivity contribution in [3.8, 4) is 0 Å². The summed E-state index contributed by atoms with van der Waals surface area (Å²) in [5, 5.41) is 3.03. The van der Waals surface area contributed by atoms with E-state index in [4.69, 9.17) is 5.73 Å². The molecule has 0 saturated carbocycles. The maximum absolute atomic E-state index is 12.2. The minimum atomic E-state index is 0. The Morgan fingerprint density at radius 3 is 2.25 bits per heavy atom. The molecule has 4 heteroatoms. The van der Waals surface area contributed by atoms with Gasteiger partial charge in [-0.25, -0.2) is 0 Å². The lowest BCUT2D eigenvalue weighted by Crippen LogP contribution is -2.28. The first-order valence-electron chi connectivity index (χ1n) is 8.22. The third-order valence-electron chi connectivity index (χ3n) is 4.15. The van der Waals surface area contributed by atoms with Gasteiger partial charge in [0.05, 0.1) is 0 Å². The number of benzene rings is 2. The van der Waals surface area contributed by atoms with Gasteiger partial charge in [-0.1, -0.05) is 56.3 Å². The molecular formula is C20H27ClN2O. The topological polar surface area (TPSA) is 55.1 Å². The van der Waals surface area contributed by atoms with Crippen molar-refractivity contribution in [1.29, 1.82) is 0 Å². The summed E-state index contributed by atoms with van der Waals surface area (Å²) in [6.45, 7) is 4.99. The van der Waals surface area contributed by atoms with Crippen LogP contribution in [0.4, 0.5) is 5.69 Å². The van der Waals surface area contributed by atoms with Gasteiger partial charge >= 0.3 is 0 Å². The summed E-state index contributed by atoms with van der Waals surface area (Å²) in [5.41, 5.74) is 8.85. The van der Waals surface area contributed by atoms with E-state index in [1.807, 2.05) is 42.5 Å². The number of rotatable bonds is 7. The van der Waals surface area contributed by atoms with Gasteiger partial charge in [0.15, 0.2) is 0 Å². The van der Waals surface area contributed by atoms with E-state index in [9.17, 15) is 4.79 Å². The fraction of sp³-hybridized carbons (Fsp3) is 0.350. The van der Waals surface area contributed by atoms with E-state index in [2.05, 4.69) is 31.3 Å². The van der Waals surface area contributed by atoms with Crippen LogP contribution in [0, 0.1) is 5.92 Å². The van der Waals surface area contributed by atoms with Crippen LogP contribution in [0.1, 0.15) is 37.3 Å². The van der Waals surface area contributed by atoms with Crippen LogP contribution < -0.4 is 11.1 Å². The van der Waals surface area contributed by atoms with Crippen LogP contribution in [-0.4, -0.2) is 12.5 Å². The largest absolute Gasteiger partial charge is 0.399 e. The van der Waals surface area contributed by atoms with Gasteiger partial charge in [0, 0.05) is 18.7 Å². The quantitative estimate of drug-likeness (QED) is 0.739. The Hall–Kier alpha value is -2.00. The molecule has 0 aliphatic carbocycles. The molecule has 2 aromatic rings. The highest BCUT2D eigenvalue weighted by Crippen LogP contribution is 2.27. The normalized spacial score (nSPS) is 11.6. The smallest absolute Gasteiger partial charge is 0.220 e. The number of carbonyl (C=O) groups is 1. The number of nitrogen functional groups attached to an aromatic ring is 1. The first-order chi connectivity index (χ1) is 11.1. The Balaban J connectivity index is 0.00000288. The highest BCUT2D eigenvalue weighted by Gasteiger charge is 2.19. The van der Waals surface area contributed by atoms with Crippen LogP contribution in [0.25, 0.3) is 0 Å². The molecule has 0 aliphatic rings. The summed E-state index contributed by atoms with van der Waals surface area (Å²) in [6, 6.07) is 18.1. The zero-order valence-corrected chi connectivity index (χ0v) is 15.2. The number of nitrogens with one attached hydrogen (secondary N) is 1. The summed E-state index contributed by atoms with van der Waals surface area (Å²) in [5.74, 6) is 0.802. The molecule has 1 amide bonds. The van der Waals surface area contributed by atoms with E-state index in [1.165, 1.54) is 11.1 Å². The summed E-state index contributed by atoms with van der Waals surface area (Å²) in [4.78, 5) is 12.2. The molecule has 3 N–H and O–H groups in total. The monoisotopic (exact) mass is 346 g/mol. The fourth-order valence-electron chi connectivity index (χ4n) is 2.74. The number of hydrogen-bond acceptors (Lipinski definition) is 2. The SMILES string of the molecule is CC(C)C(CC(=O)NCCc1ccc(N)cc1)c1ccccc1.Cl. The number of anilines is 1. The van der Waals surface area contributed by atoms with Gasteiger partial charge in [-0.3, -0.25) is 4.79 Å². The van der Waals surface area contributed by atoms with Crippen molar-refractivity contribution in [2.45, 2.75) is 32.6 Å². The van der Waals surface area contributed by atoms with Gasteiger partial charge in [-0.2, -0.15) is 0 Å². The van der Waals surface area contributed by atoms with E-state index in [-0.39, 0.29) is 24.2 Å². The second-order valence-corrected chi connectivity index (χ2v) is 6.31. The molecule has 0 saturated heterocycles. The van der Waals surface area contributed by atoms with Gasteiger partial charge in [0.1, 0.15) is 0 Å². The molecule has 0 radical (unpaired) electrons. The number of halogens is 1. The Labute approximate surface area is 151 Å². The molecule has 130 valence electrons. The maximum Gasteiger partial charge on any atom is 0.220 e. The molecule has 1 atom stereocenters. The Kier molecular flexibility index (Phi) is 8.34. The predicted octanol–water partition coefficient (Wildman–Crippen LogP) is 4.18. The number of amides is 1. The van der Waals surface area contributed by atoms with Gasteiger partial charge in [-0.15, -0.1) is 12.4 Å². The lowest BCUT2D eigenvalue weighted by atomic mass is 9.85. The van der Waals surface area contributed by atoms with Crippen molar-refractivity contribution >= 4 is 24.0 Å². The zero-order valence-electron chi connectivity index (χ0n) is 14.4. The Morgan fingerprint density at radius 1 is 1.04 bits per heavy atom. The molecule has 0 fully saturated rings. The lowest BCUT2D eigenvalue weighted by Gasteiger charge is -2.21. The first kappa shape index (κ1) is 20.0. The van der Waals surface area contributed by atoms with Gasteiger partial charge in [0.25, 0.3) is 0 Å². The summed E-state index contributed by atoms with van der Waals surface area (Å²) in [7, 11) is 0. The van der Waals surface area contributed by atoms with Crippen molar-refractivity contribution in [2.24, 2.45) is 5.92 Å². The molecule has 0 heterocycles. The van der Waals surface area contributed by atoms with E-state index in [1.54, 1.807) is 0 Å². The van der Waals surface area contributed by atoms with Gasteiger partial charge in [-0.05, 0) is 41.5 Å². The molecule has 1 unspecified atom stereocenters. The second-order valence-electron chi connectivity index (χ2n) is 6.31. The predicted molar refractivity (Wildman–Crippen MR) is 103 cm³/mol. The molecule has 0 bridgehead atoms. The first-order valence-corrected chi connectivity index (χ1v) is 8.22. The second kappa shape index (κ2) is 9.99. The van der Waals surface area contributed by atoms with Gasteiger partial charge in [0.2, 0.25) is 5.91 Å². The molecule has 3 nitrogen and oxygen atoms in total. The van der Waals surface area contributed by atoms with Crippen LogP contribution in [0.15, 0.2) is 54.6 Å². The van der Waals surface area contributed by atoms with E-state index in [0.717, 1.165) is 12.1 Å². The minimum absolute atomic E-state index is 0. The van der Waals surface area contributed by atoms with Crippen LogP contribution in [0.5, 0.6) is 0 Å². The van der Waals surface area contributed by atoms with Crippen LogP contribution in [-0.2, 0) is 11.2 Å². The van der Waals surface area contributed by atoms with E-state index in [0.29, 0.717) is 18.9 Å². The summed E-state index contributed by atoms with van der Waals surface area (Å²) in [6.07, 6.45) is 1.35. The maximum atomic E-state index is 12.2. The number of nitrogens with two attached hydrogens (primary N) is 1. The number of hydrogen-bond donors (Lipinski definition) is 2. The van der Waals surface area contributed by atoms with Crippen molar-refractivity contribution in [3.63, 3.8) is 0 Å². The van der Waals surface area contributed by atoms with Crippen molar-refractivity contribution < 1.29 is 4.79 Å². The van der Waals surface area contributed by atoms with Crippen LogP contribution >= 0.6 is 12.4 Å². The van der Waals surface area contributed by atoms with E-state index < -0.39 is 0 Å². The van der Waals surface area contributed by atoms with Crippen molar-refractivity contribution in [1.82, 2.24) is 5.32 Å². The summed E-state index contributed by atoms with van der Waals surface area (Å²) >= 11 is 0. The van der Waals surface area contributed by atoms with Crippen molar-refractivity contribution in [3.05, 3.63) is 65.7 Å².